The smallest absolute Gasteiger partial charge is 0.397 e. The van der Waals surface area contributed by atoms with Crippen molar-refractivity contribution in [3.63, 3.8) is 0 Å². The summed E-state index contributed by atoms with van der Waals surface area (Å²) in [4.78, 5) is 21.7. The molecule has 4 N–H and O–H groups in total. The van der Waals surface area contributed by atoms with Gasteiger partial charge in [0.05, 0.1) is 16.9 Å². The molecule has 1 aromatic rings. The molecule has 0 aromatic heterocycles. The molecule has 0 aliphatic carbocycles. The van der Waals surface area contributed by atoms with Crippen molar-refractivity contribution >= 4 is 23.7 Å². The number of hydrogen-bond donors (Lipinski definition) is 3. The average Bonchev–Trinajstić information content (AvgIpc) is 2.43. The van der Waals surface area contributed by atoms with Gasteiger partial charge in [-0.1, -0.05) is 6.42 Å². The molecule has 0 spiro atoms. The summed E-state index contributed by atoms with van der Waals surface area (Å²) in [6.45, 7) is 0.553. The summed E-state index contributed by atoms with van der Waals surface area (Å²) < 4.78 is 37.5. The number of alkyl halides is 3. The fourth-order valence-corrected chi connectivity index (χ4v) is 1.81. The highest BCUT2D eigenvalue weighted by Crippen LogP contribution is 2.32. The number of nitrogens with two attached hydrogens (primary N) is 1. The summed E-state index contributed by atoms with van der Waals surface area (Å²) in [6, 6.07) is 2.81. The lowest BCUT2D eigenvalue weighted by Gasteiger charge is -2.11. The second kappa shape index (κ2) is 8.26. The third kappa shape index (κ3) is 6.02. The second-order valence-corrected chi connectivity index (χ2v) is 4.73. The standard InChI is InChI=1S/C14H18F3N3O2/c15-14(16,17)10-5-6-12(11(18)8-10)20-13(22)4-2-1-3-7-19-9-21/h5-6,8-9H,1-4,7,18H2,(H,19,21)(H,20,22). The summed E-state index contributed by atoms with van der Waals surface area (Å²) >= 11 is 0. The Morgan fingerprint density at radius 3 is 2.55 bits per heavy atom. The number of carbonyl (C=O) groups excluding carboxylic acids is 2. The average molecular weight is 317 g/mol. The summed E-state index contributed by atoms with van der Waals surface area (Å²) in [5.41, 5.74) is 4.70. The monoisotopic (exact) mass is 317 g/mol. The maximum Gasteiger partial charge on any atom is 0.416 e. The van der Waals surface area contributed by atoms with Crippen LogP contribution in [0, 0.1) is 0 Å². The van der Waals surface area contributed by atoms with Crippen molar-refractivity contribution in [3.8, 4) is 0 Å². The van der Waals surface area contributed by atoms with E-state index >= 15 is 0 Å². The van der Waals surface area contributed by atoms with Crippen LogP contribution >= 0.6 is 0 Å². The quantitative estimate of drug-likeness (QED) is 0.391. The lowest BCUT2D eigenvalue weighted by Crippen LogP contribution is -2.14. The van der Waals surface area contributed by atoms with Crippen LogP contribution in [-0.2, 0) is 15.8 Å². The van der Waals surface area contributed by atoms with Crippen molar-refractivity contribution in [3.05, 3.63) is 23.8 Å². The molecule has 2 amide bonds. The zero-order chi connectivity index (χ0) is 16.6. The highest BCUT2D eigenvalue weighted by Gasteiger charge is 2.30. The molecule has 0 unspecified atom stereocenters. The zero-order valence-corrected chi connectivity index (χ0v) is 11.9. The molecule has 0 saturated carbocycles. The fourth-order valence-electron chi connectivity index (χ4n) is 1.81. The molecule has 0 aliphatic heterocycles. The van der Waals surface area contributed by atoms with Crippen LogP contribution in [0.5, 0.6) is 0 Å². The number of amides is 2. The Bertz CT molecular complexity index is 519. The minimum absolute atomic E-state index is 0.127. The van der Waals surface area contributed by atoms with E-state index in [0.717, 1.165) is 31.0 Å². The first-order chi connectivity index (χ1) is 10.3. The zero-order valence-electron chi connectivity index (χ0n) is 11.9. The summed E-state index contributed by atoms with van der Waals surface area (Å²) in [7, 11) is 0. The first-order valence-electron chi connectivity index (χ1n) is 6.78. The van der Waals surface area contributed by atoms with Gasteiger partial charge in [-0.15, -0.1) is 0 Å². The van der Waals surface area contributed by atoms with E-state index < -0.39 is 11.7 Å². The molecule has 5 nitrogen and oxygen atoms in total. The van der Waals surface area contributed by atoms with E-state index in [0.29, 0.717) is 19.4 Å². The van der Waals surface area contributed by atoms with Gasteiger partial charge in [0.15, 0.2) is 0 Å². The Balaban J connectivity index is 2.43. The number of anilines is 2. The SMILES string of the molecule is Nc1cc(C(F)(F)F)ccc1NC(=O)CCCCCNC=O. The van der Waals surface area contributed by atoms with E-state index in [1.54, 1.807) is 0 Å². The van der Waals surface area contributed by atoms with Gasteiger partial charge in [0.1, 0.15) is 0 Å². The van der Waals surface area contributed by atoms with Gasteiger partial charge in [-0.25, -0.2) is 0 Å². The Labute approximate surface area is 126 Å². The topological polar surface area (TPSA) is 84.2 Å². The number of nitrogens with one attached hydrogen (secondary N) is 2. The van der Waals surface area contributed by atoms with E-state index in [1.807, 2.05) is 0 Å². The van der Waals surface area contributed by atoms with Crippen molar-refractivity contribution < 1.29 is 22.8 Å². The molecule has 0 fully saturated rings. The van der Waals surface area contributed by atoms with Crippen LogP contribution in [0.3, 0.4) is 0 Å². The van der Waals surface area contributed by atoms with Gasteiger partial charge in [0.2, 0.25) is 12.3 Å². The van der Waals surface area contributed by atoms with Crippen LogP contribution in [0.2, 0.25) is 0 Å². The predicted molar refractivity (Wildman–Crippen MR) is 77.0 cm³/mol. The van der Waals surface area contributed by atoms with E-state index in [2.05, 4.69) is 10.6 Å². The summed E-state index contributed by atoms with van der Waals surface area (Å²) in [5.74, 6) is -0.310. The molecule has 0 radical (unpaired) electrons. The van der Waals surface area contributed by atoms with Crippen molar-refractivity contribution in [2.24, 2.45) is 0 Å². The molecule has 8 heteroatoms. The number of halogens is 3. The fraction of sp³-hybridized carbons (Fsp3) is 0.429. The van der Waals surface area contributed by atoms with Crippen molar-refractivity contribution in [2.75, 3.05) is 17.6 Å². The molecule has 0 heterocycles. The third-order valence-electron chi connectivity index (χ3n) is 2.96. The largest absolute Gasteiger partial charge is 0.416 e. The van der Waals surface area contributed by atoms with Gasteiger partial charge in [0.25, 0.3) is 0 Å². The summed E-state index contributed by atoms with van der Waals surface area (Å²) in [5, 5.41) is 5.00. The Hall–Kier alpha value is -2.25. The minimum Gasteiger partial charge on any atom is -0.397 e. The minimum atomic E-state index is -4.47. The maximum absolute atomic E-state index is 12.5. The number of rotatable bonds is 8. The Morgan fingerprint density at radius 1 is 1.23 bits per heavy atom. The first kappa shape index (κ1) is 17.8. The number of nitrogen functional groups attached to an aromatic ring is 1. The van der Waals surface area contributed by atoms with Gasteiger partial charge in [0, 0.05) is 13.0 Å². The van der Waals surface area contributed by atoms with E-state index in [4.69, 9.17) is 5.73 Å². The highest BCUT2D eigenvalue weighted by molar-refractivity contribution is 5.93. The number of carbonyl (C=O) groups is 2. The Kier molecular flexibility index (Phi) is 6.68. The van der Waals surface area contributed by atoms with E-state index in [9.17, 15) is 22.8 Å². The molecule has 0 atom stereocenters. The van der Waals surface area contributed by atoms with Crippen molar-refractivity contribution in [2.45, 2.75) is 31.9 Å². The Morgan fingerprint density at radius 2 is 1.95 bits per heavy atom. The molecular weight excluding hydrogens is 299 g/mol. The number of unbranched alkanes of at least 4 members (excludes halogenated alkanes) is 2. The normalized spacial score (nSPS) is 11.0. The second-order valence-electron chi connectivity index (χ2n) is 4.73. The third-order valence-corrected chi connectivity index (χ3v) is 2.96. The van der Waals surface area contributed by atoms with Gasteiger partial charge in [-0.2, -0.15) is 13.2 Å². The van der Waals surface area contributed by atoms with Crippen LogP contribution in [0.1, 0.15) is 31.2 Å². The molecule has 1 aromatic carbocycles. The molecule has 0 aliphatic rings. The van der Waals surface area contributed by atoms with Crippen molar-refractivity contribution in [1.29, 1.82) is 0 Å². The molecule has 22 heavy (non-hydrogen) atoms. The van der Waals surface area contributed by atoms with Crippen LogP contribution in [0.15, 0.2) is 18.2 Å². The van der Waals surface area contributed by atoms with Crippen LogP contribution in [-0.4, -0.2) is 18.9 Å². The molecule has 0 bridgehead atoms. The van der Waals surface area contributed by atoms with E-state index in [1.165, 1.54) is 0 Å². The van der Waals surface area contributed by atoms with Crippen LogP contribution in [0.4, 0.5) is 24.5 Å². The number of hydrogen-bond acceptors (Lipinski definition) is 3. The lowest BCUT2D eigenvalue weighted by molar-refractivity contribution is -0.137. The van der Waals surface area contributed by atoms with Crippen LogP contribution < -0.4 is 16.4 Å². The maximum atomic E-state index is 12.5. The molecular formula is C14H18F3N3O2. The highest BCUT2D eigenvalue weighted by atomic mass is 19.4. The van der Waals surface area contributed by atoms with Gasteiger partial charge < -0.3 is 16.4 Å². The van der Waals surface area contributed by atoms with Gasteiger partial charge in [-0.05, 0) is 31.0 Å². The lowest BCUT2D eigenvalue weighted by atomic mass is 10.1. The molecule has 122 valence electrons. The van der Waals surface area contributed by atoms with Gasteiger partial charge in [-0.3, -0.25) is 9.59 Å². The van der Waals surface area contributed by atoms with E-state index in [-0.39, 0.29) is 23.7 Å². The van der Waals surface area contributed by atoms with Crippen LogP contribution in [0.25, 0.3) is 0 Å². The van der Waals surface area contributed by atoms with Crippen molar-refractivity contribution in [1.82, 2.24) is 5.32 Å². The molecule has 1 rings (SSSR count). The number of benzene rings is 1. The van der Waals surface area contributed by atoms with Gasteiger partial charge >= 0.3 is 6.18 Å². The summed E-state index contributed by atoms with van der Waals surface area (Å²) in [6.07, 6.45) is -1.48. The predicted octanol–water partition coefficient (Wildman–Crippen LogP) is 2.53. The molecule has 0 saturated heterocycles. The first-order valence-corrected chi connectivity index (χ1v) is 6.78.